The number of hydrogen-bond acceptors (Lipinski definition) is 5. The van der Waals surface area contributed by atoms with Crippen molar-refractivity contribution < 1.29 is 18.3 Å². The number of nitrogens with one attached hydrogen (secondary N) is 1. The molecule has 21 heavy (non-hydrogen) atoms. The highest BCUT2D eigenvalue weighted by atomic mass is 19.4. The fourth-order valence-electron chi connectivity index (χ4n) is 1.73. The summed E-state index contributed by atoms with van der Waals surface area (Å²) in [6.07, 6.45) is -3.61. The average Bonchev–Trinajstić information content (AvgIpc) is 2.86. The lowest BCUT2D eigenvalue weighted by Crippen LogP contribution is -2.09. The molecule has 0 aliphatic heterocycles. The molecule has 0 aliphatic carbocycles. The van der Waals surface area contributed by atoms with E-state index in [4.69, 9.17) is 5.26 Å². The van der Waals surface area contributed by atoms with Gasteiger partial charge < -0.3 is 10.4 Å². The summed E-state index contributed by atoms with van der Waals surface area (Å²) >= 11 is 0. The smallest absolute Gasteiger partial charge is 0.420 e. The predicted octanol–water partition coefficient (Wildman–Crippen LogP) is 1.58. The van der Waals surface area contributed by atoms with E-state index in [0.29, 0.717) is 18.4 Å². The van der Waals surface area contributed by atoms with Crippen molar-refractivity contribution in [3.63, 3.8) is 0 Å². The Morgan fingerprint density at radius 3 is 2.71 bits per heavy atom. The number of aromatic hydroxyl groups is 1. The van der Waals surface area contributed by atoms with E-state index in [1.54, 1.807) is 13.1 Å². The minimum absolute atomic E-state index is 0.235. The standard InChI is InChI=1S/C12H10F3N5O/c1-17-5-10-18-6-20(19-10)9-3-7(4-16)2-8(11(9)21)12(13,14)15/h2-3,6,17,21H,5H2,1H3. The van der Waals surface area contributed by atoms with E-state index in [1.165, 1.54) is 6.33 Å². The molecule has 1 aromatic heterocycles. The molecule has 0 radical (unpaired) electrons. The summed E-state index contributed by atoms with van der Waals surface area (Å²) in [6, 6.07) is 3.32. The third-order valence-electron chi connectivity index (χ3n) is 2.65. The van der Waals surface area contributed by atoms with Crippen LogP contribution in [0.4, 0.5) is 13.2 Å². The van der Waals surface area contributed by atoms with Gasteiger partial charge in [-0.05, 0) is 19.2 Å². The van der Waals surface area contributed by atoms with Crippen molar-refractivity contribution in [2.24, 2.45) is 0 Å². The molecular formula is C12H10F3N5O. The van der Waals surface area contributed by atoms with Crippen LogP contribution in [0.1, 0.15) is 17.0 Å². The van der Waals surface area contributed by atoms with Crippen LogP contribution in [0.2, 0.25) is 0 Å². The van der Waals surface area contributed by atoms with Crippen molar-refractivity contribution in [2.75, 3.05) is 7.05 Å². The van der Waals surface area contributed by atoms with E-state index in [0.717, 1.165) is 10.7 Å². The summed E-state index contributed by atoms with van der Waals surface area (Å²) < 4.78 is 39.6. The monoisotopic (exact) mass is 297 g/mol. The third-order valence-corrected chi connectivity index (χ3v) is 2.65. The van der Waals surface area contributed by atoms with Gasteiger partial charge in [0.15, 0.2) is 11.6 Å². The van der Waals surface area contributed by atoms with E-state index >= 15 is 0 Å². The van der Waals surface area contributed by atoms with Gasteiger partial charge >= 0.3 is 6.18 Å². The lowest BCUT2D eigenvalue weighted by molar-refractivity contribution is -0.138. The maximum absolute atomic E-state index is 12.9. The van der Waals surface area contributed by atoms with Gasteiger partial charge in [0.1, 0.15) is 17.6 Å². The number of nitrogens with zero attached hydrogens (tertiary/aromatic N) is 4. The second-order valence-corrected chi connectivity index (χ2v) is 4.14. The second-order valence-electron chi connectivity index (χ2n) is 4.14. The molecule has 0 atom stereocenters. The normalized spacial score (nSPS) is 11.4. The fraction of sp³-hybridized carbons (Fsp3) is 0.250. The highest BCUT2D eigenvalue weighted by Gasteiger charge is 2.36. The van der Waals surface area contributed by atoms with Crippen molar-refractivity contribution in [3.8, 4) is 17.5 Å². The van der Waals surface area contributed by atoms with E-state index in [2.05, 4.69) is 15.4 Å². The Hall–Kier alpha value is -2.60. The number of aromatic nitrogens is 3. The van der Waals surface area contributed by atoms with Crippen LogP contribution in [-0.2, 0) is 12.7 Å². The van der Waals surface area contributed by atoms with E-state index in [9.17, 15) is 18.3 Å². The Kier molecular flexibility index (Phi) is 3.82. The Morgan fingerprint density at radius 1 is 1.43 bits per heavy atom. The summed E-state index contributed by atoms with van der Waals surface area (Å²) in [7, 11) is 1.66. The molecule has 0 aliphatic rings. The molecule has 2 rings (SSSR count). The van der Waals surface area contributed by atoms with Crippen molar-refractivity contribution in [1.82, 2.24) is 20.1 Å². The molecule has 110 valence electrons. The summed E-state index contributed by atoms with van der Waals surface area (Å²) in [5, 5.41) is 25.4. The van der Waals surface area contributed by atoms with Crippen LogP contribution in [0, 0.1) is 11.3 Å². The third kappa shape index (κ3) is 2.95. The van der Waals surface area contributed by atoms with Crippen molar-refractivity contribution in [2.45, 2.75) is 12.7 Å². The maximum Gasteiger partial charge on any atom is 0.420 e. The number of benzene rings is 1. The molecule has 1 aromatic carbocycles. The van der Waals surface area contributed by atoms with Crippen molar-refractivity contribution in [3.05, 3.63) is 35.4 Å². The Labute approximate surface area is 117 Å². The first kappa shape index (κ1) is 14.8. The molecule has 2 N–H and O–H groups in total. The molecule has 0 spiro atoms. The molecular weight excluding hydrogens is 287 g/mol. The number of alkyl halides is 3. The van der Waals surface area contributed by atoms with Crippen LogP contribution >= 0.6 is 0 Å². The number of phenolic OH excluding ortho intramolecular Hbond substituents is 1. The number of hydrogen-bond donors (Lipinski definition) is 2. The number of nitriles is 1. The van der Waals surface area contributed by atoms with Crippen LogP contribution in [0.5, 0.6) is 5.75 Å². The SMILES string of the molecule is CNCc1ncn(-c2cc(C#N)cc(C(F)(F)F)c2O)n1. The second kappa shape index (κ2) is 5.41. The maximum atomic E-state index is 12.9. The van der Waals surface area contributed by atoms with E-state index in [1.807, 2.05) is 0 Å². The predicted molar refractivity (Wildman–Crippen MR) is 65.5 cm³/mol. The quantitative estimate of drug-likeness (QED) is 0.898. The average molecular weight is 297 g/mol. The van der Waals surface area contributed by atoms with Crippen LogP contribution < -0.4 is 5.32 Å². The van der Waals surface area contributed by atoms with Crippen LogP contribution in [0.3, 0.4) is 0 Å². The van der Waals surface area contributed by atoms with Gasteiger partial charge in [-0.1, -0.05) is 0 Å². The molecule has 9 heteroatoms. The Bertz CT molecular complexity index is 702. The fourth-order valence-corrected chi connectivity index (χ4v) is 1.73. The van der Waals surface area contributed by atoms with Gasteiger partial charge in [-0.15, -0.1) is 5.10 Å². The van der Waals surface area contributed by atoms with Gasteiger partial charge in [-0.2, -0.15) is 18.4 Å². The summed E-state index contributed by atoms with van der Waals surface area (Å²) in [5.74, 6) is -0.657. The molecule has 0 bridgehead atoms. The summed E-state index contributed by atoms with van der Waals surface area (Å²) in [4.78, 5) is 3.88. The topological polar surface area (TPSA) is 86.8 Å². The molecule has 0 amide bonds. The number of phenols is 1. The van der Waals surface area contributed by atoms with Gasteiger partial charge in [-0.25, -0.2) is 9.67 Å². The molecule has 0 saturated heterocycles. The van der Waals surface area contributed by atoms with Gasteiger partial charge in [0.2, 0.25) is 0 Å². The van der Waals surface area contributed by atoms with Gasteiger partial charge in [0.25, 0.3) is 0 Å². The largest absolute Gasteiger partial charge is 0.505 e. The molecule has 0 fully saturated rings. The van der Waals surface area contributed by atoms with Gasteiger partial charge in [-0.3, -0.25) is 0 Å². The first-order valence-corrected chi connectivity index (χ1v) is 5.76. The number of halogens is 3. The van der Waals surface area contributed by atoms with Crippen molar-refractivity contribution >= 4 is 0 Å². The molecule has 0 saturated carbocycles. The minimum atomic E-state index is -4.78. The molecule has 0 unspecified atom stereocenters. The van der Waals surface area contributed by atoms with Gasteiger partial charge in [0.05, 0.1) is 18.2 Å². The lowest BCUT2D eigenvalue weighted by atomic mass is 10.1. The molecule has 6 nitrogen and oxygen atoms in total. The van der Waals surface area contributed by atoms with Crippen molar-refractivity contribution in [1.29, 1.82) is 5.26 Å². The first-order valence-electron chi connectivity index (χ1n) is 5.76. The Balaban J connectivity index is 2.59. The molecule has 2 aromatic rings. The van der Waals surface area contributed by atoms with E-state index < -0.39 is 17.5 Å². The van der Waals surface area contributed by atoms with Crippen LogP contribution in [0.25, 0.3) is 5.69 Å². The van der Waals surface area contributed by atoms with Gasteiger partial charge in [0, 0.05) is 0 Å². The zero-order chi connectivity index (χ0) is 15.6. The minimum Gasteiger partial charge on any atom is -0.505 e. The number of rotatable bonds is 3. The lowest BCUT2D eigenvalue weighted by Gasteiger charge is -2.12. The summed E-state index contributed by atoms with van der Waals surface area (Å²) in [5.41, 5.74) is -1.78. The zero-order valence-electron chi connectivity index (χ0n) is 10.8. The van der Waals surface area contributed by atoms with Crippen LogP contribution in [0.15, 0.2) is 18.5 Å². The summed E-state index contributed by atoms with van der Waals surface area (Å²) in [6.45, 7) is 0.317. The molecule has 1 heterocycles. The van der Waals surface area contributed by atoms with E-state index in [-0.39, 0.29) is 11.3 Å². The highest BCUT2D eigenvalue weighted by Crippen LogP contribution is 2.39. The Morgan fingerprint density at radius 2 is 2.14 bits per heavy atom. The zero-order valence-corrected chi connectivity index (χ0v) is 10.8. The highest BCUT2D eigenvalue weighted by molar-refractivity contribution is 5.56. The first-order chi connectivity index (χ1) is 9.86. The van der Waals surface area contributed by atoms with Crippen LogP contribution in [-0.4, -0.2) is 26.9 Å².